The summed E-state index contributed by atoms with van der Waals surface area (Å²) in [6.45, 7) is 5.51. The van der Waals surface area contributed by atoms with E-state index in [2.05, 4.69) is 19.2 Å². The third-order valence-corrected chi connectivity index (χ3v) is 3.18. The van der Waals surface area contributed by atoms with Crippen LogP contribution in [0.4, 0.5) is 10.1 Å². The van der Waals surface area contributed by atoms with Gasteiger partial charge in [0.2, 0.25) is 0 Å². The summed E-state index contributed by atoms with van der Waals surface area (Å²) in [6, 6.07) is 9.14. The summed E-state index contributed by atoms with van der Waals surface area (Å²) in [5, 5.41) is 3.36. The third-order valence-electron chi connectivity index (χ3n) is 3.18. The van der Waals surface area contributed by atoms with Gasteiger partial charge in [-0.05, 0) is 18.2 Å². The summed E-state index contributed by atoms with van der Waals surface area (Å²) in [5.74, 6) is 0.646. The molecule has 0 saturated carbocycles. The number of halogens is 1. The number of nitrogens with zero attached hydrogens (tertiary/aromatic N) is 1. The van der Waals surface area contributed by atoms with E-state index in [1.54, 1.807) is 18.4 Å². The molecule has 0 unspecified atom stereocenters. The first-order chi connectivity index (χ1) is 9.58. The van der Waals surface area contributed by atoms with E-state index < -0.39 is 0 Å². The zero-order chi connectivity index (χ0) is 14.5. The van der Waals surface area contributed by atoms with Crippen molar-refractivity contribution >= 4 is 5.69 Å². The maximum absolute atomic E-state index is 13.7. The summed E-state index contributed by atoms with van der Waals surface area (Å²) in [7, 11) is 1.86. The van der Waals surface area contributed by atoms with Crippen molar-refractivity contribution in [2.75, 3.05) is 11.9 Å². The van der Waals surface area contributed by atoms with E-state index in [-0.39, 0.29) is 5.82 Å². The molecule has 0 spiro atoms. The quantitative estimate of drug-likeness (QED) is 0.874. The largest absolute Gasteiger partial charge is 0.467 e. The first-order valence-corrected chi connectivity index (χ1v) is 6.82. The molecule has 0 bridgehead atoms. The van der Waals surface area contributed by atoms with Crippen molar-refractivity contribution in [2.24, 2.45) is 0 Å². The van der Waals surface area contributed by atoms with E-state index in [4.69, 9.17) is 4.42 Å². The van der Waals surface area contributed by atoms with E-state index in [9.17, 15) is 4.39 Å². The standard InChI is InChI=1S/C16H21FN2O/c1-12(2)18-10-13-8-9-20-16(13)11-19(3)15-7-5-4-6-14(15)17/h4-9,12,18H,10-11H2,1-3H3. The van der Waals surface area contributed by atoms with Crippen LogP contribution in [0, 0.1) is 5.82 Å². The molecule has 0 saturated heterocycles. The normalized spacial score (nSPS) is 11.1. The average Bonchev–Trinajstić information content (AvgIpc) is 2.84. The van der Waals surface area contributed by atoms with Crippen LogP contribution in [-0.2, 0) is 13.1 Å². The minimum absolute atomic E-state index is 0.219. The summed E-state index contributed by atoms with van der Waals surface area (Å²) < 4.78 is 19.3. The number of rotatable bonds is 6. The molecule has 1 aromatic carbocycles. The van der Waals surface area contributed by atoms with Crippen molar-refractivity contribution in [2.45, 2.75) is 33.0 Å². The van der Waals surface area contributed by atoms with Gasteiger partial charge >= 0.3 is 0 Å². The molecule has 0 atom stereocenters. The van der Waals surface area contributed by atoms with Gasteiger partial charge in [0.25, 0.3) is 0 Å². The number of hydrogen-bond acceptors (Lipinski definition) is 3. The fourth-order valence-electron chi connectivity index (χ4n) is 2.04. The van der Waals surface area contributed by atoms with Gasteiger partial charge in [0, 0.05) is 25.2 Å². The van der Waals surface area contributed by atoms with Gasteiger partial charge < -0.3 is 14.6 Å². The lowest BCUT2D eigenvalue weighted by molar-refractivity contribution is 0.494. The van der Waals surface area contributed by atoms with Crippen molar-refractivity contribution in [3.8, 4) is 0 Å². The maximum Gasteiger partial charge on any atom is 0.146 e. The summed E-state index contributed by atoms with van der Waals surface area (Å²) in [6.07, 6.45) is 1.68. The first-order valence-electron chi connectivity index (χ1n) is 6.82. The Bertz CT molecular complexity index is 551. The molecule has 1 aromatic heterocycles. The average molecular weight is 276 g/mol. The van der Waals surface area contributed by atoms with E-state index in [0.29, 0.717) is 18.3 Å². The predicted octanol–water partition coefficient (Wildman–Crippen LogP) is 3.55. The van der Waals surface area contributed by atoms with Crippen LogP contribution in [0.25, 0.3) is 0 Å². The van der Waals surface area contributed by atoms with Gasteiger partial charge in [0.05, 0.1) is 18.5 Å². The van der Waals surface area contributed by atoms with Crippen LogP contribution in [0.2, 0.25) is 0 Å². The van der Waals surface area contributed by atoms with Crippen molar-refractivity contribution in [3.63, 3.8) is 0 Å². The molecule has 0 amide bonds. The second-order valence-electron chi connectivity index (χ2n) is 5.21. The zero-order valence-corrected chi connectivity index (χ0v) is 12.2. The number of hydrogen-bond donors (Lipinski definition) is 1. The van der Waals surface area contributed by atoms with E-state index in [0.717, 1.165) is 17.9 Å². The van der Waals surface area contributed by atoms with E-state index >= 15 is 0 Å². The third kappa shape index (κ3) is 3.61. The highest BCUT2D eigenvalue weighted by Crippen LogP contribution is 2.21. The highest BCUT2D eigenvalue weighted by molar-refractivity contribution is 5.47. The van der Waals surface area contributed by atoms with Crippen LogP contribution in [0.1, 0.15) is 25.2 Å². The molecule has 2 rings (SSSR count). The van der Waals surface area contributed by atoms with Crippen molar-refractivity contribution in [1.29, 1.82) is 0 Å². The van der Waals surface area contributed by atoms with Crippen LogP contribution in [0.3, 0.4) is 0 Å². The molecular formula is C16H21FN2O. The molecule has 0 aliphatic carbocycles. The van der Waals surface area contributed by atoms with Gasteiger partial charge in [-0.3, -0.25) is 0 Å². The van der Waals surface area contributed by atoms with Gasteiger partial charge in [0.15, 0.2) is 0 Å². The van der Waals surface area contributed by atoms with Gasteiger partial charge in [-0.25, -0.2) is 4.39 Å². The Hall–Kier alpha value is -1.81. The fraction of sp³-hybridized carbons (Fsp3) is 0.375. The fourth-order valence-corrected chi connectivity index (χ4v) is 2.04. The van der Waals surface area contributed by atoms with Gasteiger partial charge in [0.1, 0.15) is 11.6 Å². The number of nitrogens with one attached hydrogen (secondary N) is 1. The van der Waals surface area contributed by atoms with Crippen molar-refractivity contribution in [1.82, 2.24) is 5.32 Å². The van der Waals surface area contributed by atoms with E-state index in [1.807, 2.05) is 24.1 Å². The van der Waals surface area contributed by atoms with Crippen LogP contribution < -0.4 is 10.2 Å². The minimum atomic E-state index is -0.219. The van der Waals surface area contributed by atoms with Crippen molar-refractivity contribution in [3.05, 3.63) is 53.7 Å². The molecule has 4 heteroatoms. The number of furan rings is 1. The molecule has 3 nitrogen and oxygen atoms in total. The Kier molecular flexibility index (Phi) is 4.79. The second-order valence-corrected chi connectivity index (χ2v) is 5.21. The zero-order valence-electron chi connectivity index (χ0n) is 12.2. The molecule has 2 aromatic rings. The van der Waals surface area contributed by atoms with Crippen LogP contribution >= 0.6 is 0 Å². The molecule has 108 valence electrons. The lowest BCUT2D eigenvalue weighted by atomic mass is 10.2. The van der Waals surface area contributed by atoms with Crippen LogP contribution in [0.5, 0.6) is 0 Å². The van der Waals surface area contributed by atoms with Gasteiger partial charge in [-0.2, -0.15) is 0 Å². The Morgan fingerprint density at radius 1 is 1.25 bits per heavy atom. The first kappa shape index (κ1) is 14.6. The predicted molar refractivity (Wildman–Crippen MR) is 79.2 cm³/mol. The topological polar surface area (TPSA) is 28.4 Å². The maximum atomic E-state index is 13.7. The summed E-state index contributed by atoms with van der Waals surface area (Å²) in [4.78, 5) is 1.85. The Morgan fingerprint density at radius 3 is 2.70 bits per heavy atom. The molecule has 1 heterocycles. The number of benzene rings is 1. The molecule has 1 N–H and O–H groups in total. The Labute approximate surface area is 119 Å². The Balaban J connectivity index is 2.07. The minimum Gasteiger partial charge on any atom is -0.467 e. The van der Waals surface area contributed by atoms with Crippen LogP contribution in [-0.4, -0.2) is 13.1 Å². The lowest BCUT2D eigenvalue weighted by Gasteiger charge is -2.19. The molecule has 0 radical (unpaired) electrons. The van der Waals surface area contributed by atoms with Gasteiger partial charge in [-0.1, -0.05) is 26.0 Å². The molecule has 20 heavy (non-hydrogen) atoms. The molecule has 0 fully saturated rings. The smallest absolute Gasteiger partial charge is 0.146 e. The Morgan fingerprint density at radius 2 is 2.00 bits per heavy atom. The highest BCUT2D eigenvalue weighted by Gasteiger charge is 2.12. The lowest BCUT2D eigenvalue weighted by Crippen LogP contribution is -2.23. The second kappa shape index (κ2) is 6.57. The van der Waals surface area contributed by atoms with E-state index in [1.165, 1.54) is 6.07 Å². The number of para-hydroxylation sites is 1. The monoisotopic (exact) mass is 276 g/mol. The highest BCUT2D eigenvalue weighted by atomic mass is 19.1. The van der Waals surface area contributed by atoms with Crippen molar-refractivity contribution < 1.29 is 8.81 Å². The summed E-state index contributed by atoms with van der Waals surface area (Å²) in [5.41, 5.74) is 1.69. The van der Waals surface area contributed by atoms with Crippen LogP contribution in [0.15, 0.2) is 41.0 Å². The number of anilines is 1. The molecule has 0 aliphatic rings. The van der Waals surface area contributed by atoms with Gasteiger partial charge in [-0.15, -0.1) is 0 Å². The SMILES string of the molecule is CC(C)NCc1ccoc1CN(C)c1ccccc1F. The summed E-state index contributed by atoms with van der Waals surface area (Å²) >= 11 is 0. The molecule has 0 aliphatic heterocycles. The molecular weight excluding hydrogens is 255 g/mol.